The number of benzene rings is 3. The van der Waals surface area contributed by atoms with E-state index in [2.05, 4.69) is 10.6 Å². The molecule has 11 heteroatoms. The maximum Gasteiger partial charge on any atom is 0.326 e. The summed E-state index contributed by atoms with van der Waals surface area (Å²) in [5, 5.41) is 15.1. The molecule has 1 fully saturated rings. The lowest BCUT2D eigenvalue weighted by Gasteiger charge is -2.25. The molecular formula is C29H31N3O7S. The summed E-state index contributed by atoms with van der Waals surface area (Å²) in [5.74, 6) is -1.82. The van der Waals surface area contributed by atoms with Gasteiger partial charge in [-0.25, -0.2) is 13.2 Å². The Hall–Kier alpha value is -4.22. The maximum atomic E-state index is 13.2. The molecule has 1 saturated heterocycles. The average Bonchev–Trinajstić information content (AvgIpc) is 3.45. The molecule has 3 N–H and O–H groups in total. The summed E-state index contributed by atoms with van der Waals surface area (Å²) < 4.78 is 32.8. The third-order valence-electron chi connectivity index (χ3n) is 6.75. The van der Waals surface area contributed by atoms with Gasteiger partial charge in [0.15, 0.2) is 0 Å². The van der Waals surface area contributed by atoms with Crippen molar-refractivity contribution < 1.29 is 32.6 Å². The standard InChI is InChI=1S/C29H31N3O7S/c1-19-9-15-22(16-10-19)40(37,38)32-17-5-7-25(32)28(34)31-24(29(35)36)18-20-11-13-21(14-12-20)30-27(33)23-6-3-4-8-26(23)39-2/h3-4,6,8-16,24-25H,5,7,17-18H2,1-2H3,(H,30,33)(H,31,34)(H,35,36)/t24-,25-/m0/s1. The van der Waals surface area contributed by atoms with Crippen molar-refractivity contribution in [2.45, 2.75) is 43.2 Å². The van der Waals surface area contributed by atoms with Crippen LogP contribution in [0.3, 0.4) is 0 Å². The number of carboxylic acids is 1. The fourth-order valence-corrected chi connectivity index (χ4v) is 6.25. The number of rotatable bonds is 10. The number of carboxylic acid groups (broad SMARTS) is 1. The normalized spacial score (nSPS) is 16.2. The Balaban J connectivity index is 1.41. The number of hydrogen-bond donors (Lipinski definition) is 3. The summed E-state index contributed by atoms with van der Waals surface area (Å²) >= 11 is 0. The fourth-order valence-electron chi connectivity index (χ4n) is 4.59. The molecule has 1 aliphatic heterocycles. The first-order chi connectivity index (χ1) is 19.1. The van der Waals surface area contributed by atoms with Gasteiger partial charge in [0.2, 0.25) is 15.9 Å². The van der Waals surface area contributed by atoms with Gasteiger partial charge in [0.1, 0.15) is 17.8 Å². The van der Waals surface area contributed by atoms with E-state index in [0.717, 1.165) is 9.87 Å². The number of ether oxygens (including phenoxy) is 1. The Morgan fingerprint density at radius 3 is 2.35 bits per heavy atom. The molecule has 2 atom stereocenters. The van der Waals surface area contributed by atoms with Crippen molar-refractivity contribution in [3.8, 4) is 5.75 Å². The van der Waals surface area contributed by atoms with E-state index in [-0.39, 0.29) is 23.8 Å². The van der Waals surface area contributed by atoms with Crippen molar-refractivity contribution in [1.82, 2.24) is 9.62 Å². The van der Waals surface area contributed by atoms with Crippen LogP contribution in [-0.4, -0.2) is 61.4 Å². The van der Waals surface area contributed by atoms with Gasteiger partial charge < -0.3 is 20.5 Å². The predicted octanol–water partition coefficient (Wildman–Crippen LogP) is 3.22. The molecule has 0 aliphatic carbocycles. The third-order valence-corrected chi connectivity index (χ3v) is 8.67. The first kappa shape index (κ1) is 28.8. The van der Waals surface area contributed by atoms with Crippen LogP contribution in [0, 0.1) is 6.92 Å². The van der Waals surface area contributed by atoms with Gasteiger partial charge in [0.05, 0.1) is 17.6 Å². The largest absolute Gasteiger partial charge is 0.496 e. The lowest BCUT2D eigenvalue weighted by atomic mass is 10.0. The Bertz CT molecular complexity index is 1490. The smallest absolute Gasteiger partial charge is 0.326 e. The Morgan fingerprint density at radius 1 is 1.02 bits per heavy atom. The quantitative estimate of drug-likeness (QED) is 0.343. The van der Waals surface area contributed by atoms with Crippen LogP contribution in [0.1, 0.15) is 34.3 Å². The van der Waals surface area contributed by atoms with Gasteiger partial charge in [-0.05, 0) is 61.7 Å². The number of carbonyl (C=O) groups excluding carboxylic acids is 2. The zero-order valence-corrected chi connectivity index (χ0v) is 23.0. The molecule has 3 aromatic carbocycles. The van der Waals surface area contributed by atoms with Crippen LogP contribution in [0.4, 0.5) is 5.69 Å². The van der Waals surface area contributed by atoms with E-state index >= 15 is 0 Å². The molecule has 0 saturated carbocycles. The molecule has 0 radical (unpaired) electrons. The Kier molecular flexibility index (Phi) is 8.86. The second-order valence-corrected chi connectivity index (χ2v) is 11.4. The number of sulfonamides is 1. The zero-order chi connectivity index (χ0) is 28.9. The number of carbonyl (C=O) groups is 3. The van der Waals surface area contributed by atoms with E-state index in [1.54, 1.807) is 60.7 Å². The first-order valence-corrected chi connectivity index (χ1v) is 14.2. The van der Waals surface area contributed by atoms with Crippen molar-refractivity contribution in [2.24, 2.45) is 0 Å². The van der Waals surface area contributed by atoms with Gasteiger partial charge in [-0.1, -0.05) is 42.0 Å². The van der Waals surface area contributed by atoms with Crippen LogP contribution in [0.25, 0.3) is 0 Å². The van der Waals surface area contributed by atoms with Crippen molar-refractivity contribution in [2.75, 3.05) is 19.0 Å². The van der Waals surface area contributed by atoms with Crippen molar-refractivity contribution in [3.05, 3.63) is 89.5 Å². The summed E-state index contributed by atoms with van der Waals surface area (Å²) in [5.41, 5.74) is 2.39. The van der Waals surface area contributed by atoms with E-state index < -0.39 is 34.0 Å². The number of nitrogens with zero attached hydrogens (tertiary/aromatic N) is 1. The van der Waals surface area contributed by atoms with E-state index in [4.69, 9.17) is 4.74 Å². The highest BCUT2D eigenvalue weighted by Crippen LogP contribution is 2.27. The molecule has 40 heavy (non-hydrogen) atoms. The number of aryl methyl sites for hydroxylation is 1. The molecule has 0 aromatic heterocycles. The van der Waals surface area contributed by atoms with Crippen molar-refractivity contribution in [3.63, 3.8) is 0 Å². The van der Waals surface area contributed by atoms with E-state index in [0.29, 0.717) is 35.4 Å². The van der Waals surface area contributed by atoms with Crippen LogP contribution in [-0.2, 0) is 26.0 Å². The van der Waals surface area contributed by atoms with Crippen molar-refractivity contribution in [1.29, 1.82) is 0 Å². The molecule has 2 amide bonds. The van der Waals surface area contributed by atoms with Crippen LogP contribution in [0.15, 0.2) is 77.7 Å². The van der Waals surface area contributed by atoms with Crippen molar-refractivity contribution >= 4 is 33.5 Å². The number of hydrogen-bond acceptors (Lipinski definition) is 6. The molecule has 4 rings (SSSR count). The summed E-state index contributed by atoms with van der Waals surface area (Å²) in [6.45, 7) is 2.02. The first-order valence-electron chi connectivity index (χ1n) is 12.7. The minimum absolute atomic E-state index is 0.0285. The molecular weight excluding hydrogens is 534 g/mol. The fraction of sp³-hybridized carbons (Fsp3) is 0.276. The highest BCUT2D eigenvalue weighted by Gasteiger charge is 2.40. The molecule has 1 heterocycles. The van der Waals surface area contributed by atoms with Gasteiger partial charge in [0.25, 0.3) is 5.91 Å². The van der Waals surface area contributed by atoms with Crippen LogP contribution in [0.5, 0.6) is 5.75 Å². The monoisotopic (exact) mass is 565 g/mol. The van der Waals surface area contributed by atoms with Crippen LogP contribution < -0.4 is 15.4 Å². The lowest BCUT2D eigenvalue weighted by molar-refractivity contribution is -0.142. The minimum atomic E-state index is -3.92. The summed E-state index contributed by atoms with van der Waals surface area (Å²) in [6.07, 6.45) is 0.756. The van der Waals surface area contributed by atoms with Gasteiger partial charge in [-0.2, -0.15) is 4.31 Å². The number of anilines is 1. The second kappa shape index (κ2) is 12.3. The molecule has 0 unspecified atom stereocenters. The number of amides is 2. The summed E-state index contributed by atoms with van der Waals surface area (Å²) in [7, 11) is -2.44. The topological polar surface area (TPSA) is 142 Å². The molecule has 210 valence electrons. The summed E-state index contributed by atoms with van der Waals surface area (Å²) in [6, 6.07) is 17.5. The molecule has 0 spiro atoms. The zero-order valence-electron chi connectivity index (χ0n) is 22.2. The number of methoxy groups -OCH3 is 1. The molecule has 0 bridgehead atoms. The van der Waals surface area contributed by atoms with Crippen LogP contribution >= 0.6 is 0 Å². The highest BCUT2D eigenvalue weighted by atomic mass is 32.2. The number of para-hydroxylation sites is 1. The highest BCUT2D eigenvalue weighted by molar-refractivity contribution is 7.89. The summed E-state index contributed by atoms with van der Waals surface area (Å²) in [4.78, 5) is 37.8. The maximum absolute atomic E-state index is 13.2. The van der Waals surface area contributed by atoms with Gasteiger partial charge in [-0.3, -0.25) is 9.59 Å². The van der Waals surface area contributed by atoms with Gasteiger partial charge in [-0.15, -0.1) is 0 Å². The number of aliphatic carboxylic acids is 1. The third kappa shape index (κ3) is 6.49. The lowest BCUT2D eigenvalue weighted by Crippen LogP contribution is -2.51. The SMILES string of the molecule is COc1ccccc1C(=O)Nc1ccc(C[C@H](NC(=O)[C@@H]2CCCN2S(=O)(=O)c2ccc(C)cc2)C(=O)O)cc1. The Morgan fingerprint density at radius 2 is 1.70 bits per heavy atom. The van der Waals surface area contributed by atoms with E-state index in [1.807, 2.05) is 6.92 Å². The molecule has 1 aliphatic rings. The molecule has 10 nitrogen and oxygen atoms in total. The predicted molar refractivity (Wildman–Crippen MR) is 149 cm³/mol. The van der Waals surface area contributed by atoms with Crippen LogP contribution in [0.2, 0.25) is 0 Å². The van der Waals surface area contributed by atoms with Gasteiger partial charge >= 0.3 is 5.97 Å². The minimum Gasteiger partial charge on any atom is -0.496 e. The average molecular weight is 566 g/mol. The van der Waals surface area contributed by atoms with Gasteiger partial charge in [0, 0.05) is 18.7 Å². The molecule has 3 aromatic rings. The number of nitrogens with one attached hydrogen (secondary N) is 2. The second-order valence-electron chi connectivity index (χ2n) is 9.54. The van der Waals surface area contributed by atoms with E-state index in [9.17, 15) is 27.9 Å². The van der Waals surface area contributed by atoms with E-state index in [1.165, 1.54) is 19.2 Å². The Labute approximate surface area is 233 Å².